The van der Waals surface area contributed by atoms with Crippen LogP contribution in [0.25, 0.3) is 0 Å². The van der Waals surface area contributed by atoms with Crippen molar-refractivity contribution in [2.24, 2.45) is 5.92 Å². The van der Waals surface area contributed by atoms with E-state index in [1.165, 1.54) is 12.1 Å². The van der Waals surface area contributed by atoms with Crippen molar-refractivity contribution >= 4 is 5.91 Å². The smallest absolute Gasteiger partial charge is 0.224 e. The maximum Gasteiger partial charge on any atom is 0.224 e. The average Bonchev–Trinajstić information content (AvgIpc) is 2.70. The molecular weight excluding hydrogens is 331 g/mol. The van der Waals surface area contributed by atoms with Gasteiger partial charge in [-0.2, -0.15) is 0 Å². The molecular formula is C21H25FN2O2. The Morgan fingerprint density at radius 2 is 1.96 bits per heavy atom. The number of carbonyl (C=O) groups is 1. The molecule has 0 aliphatic carbocycles. The predicted molar refractivity (Wildman–Crippen MR) is 99.6 cm³/mol. The lowest BCUT2D eigenvalue weighted by atomic mass is 9.95. The van der Waals surface area contributed by atoms with Crippen molar-refractivity contribution in [1.82, 2.24) is 10.6 Å². The van der Waals surface area contributed by atoms with Crippen molar-refractivity contribution in [2.45, 2.75) is 25.3 Å². The third-order valence-electron chi connectivity index (χ3n) is 4.86. The van der Waals surface area contributed by atoms with Crippen molar-refractivity contribution in [3.8, 4) is 5.75 Å². The Labute approximate surface area is 153 Å². The highest BCUT2D eigenvalue weighted by Gasteiger charge is 2.24. The van der Waals surface area contributed by atoms with Crippen LogP contribution in [0.5, 0.6) is 5.75 Å². The fourth-order valence-electron chi connectivity index (χ4n) is 3.31. The molecule has 2 aromatic carbocycles. The minimum atomic E-state index is -0.257. The summed E-state index contributed by atoms with van der Waals surface area (Å²) in [5.41, 5.74) is 1.99. The van der Waals surface area contributed by atoms with E-state index in [4.69, 9.17) is 4.74 Å². The average molecular weight is 356 g/mol. The molecule has 1 aliphatic rings. The molecule has 2 N–H and O–H groups in total. The van der Waals surface area contributed by atoms with Gasteiger partial charge in [-0.3, -0.25) is 4.79 Å². The molecule has 26 heavy (non-hydrogen) atoms. The number of hydrogen-bond donors (Lipinski definition) is 2. The van der Waals surface area contributed by atoms with Gasteiger partial charge in [0.05, 0.1) is 19.1 Å². The molecule has 3 rings (SSSR count). The summed E-state index contributed by atoms with van der Waals surface area (Å²) in [5, 5.41) is 6.47. The highest BCUT2D eigenvalue weighted by Crippen LogP contribution is 2.23. The van der Waals surface area contributed by atoms with E-state index >= 15 is 0 Å². The third kappa shape index (κ3) is 4.82. The van der Waals surface area contributed by atoms with Crippen LogP contribution in [0.4, 0.5) is 4.39 Å². The lowest BCUT2D eigenvalue weighted by Crippen LogP contribution is -2.42. The highest BCUT2D eigenvalue weighted by atomic mass is 19.1. The highest BCUT2D eigenvalue weighted by molar-refractivity contribution is 5.79. The Hall–Kier alpha value is -2.40. The molecule has 5 heteroatoms. The summed E-state index contributed by atoms with van der Waals surface area (Å²) in [4.78, 5) is 12.7. The zero-order valence-electron chi connectivity index (χ0n) is 15.0. The second kappa shape index (κ2) is 8.81. The van der Waals surface area contributed by atoms with Crippen LogP contribution < -0.4 is 15.4 Å². The zero-order valence-corrected chi connectivity index (χ0v) is 15.0. The Morgan fingerprint density at radius 3 is 2.58 bits per heavy atom. The lowest BCUT2D eigenvalue weighted by molar-refractivity contribution is -0.126. The number of rotatable bonds is 6. The molecule has 0 radical (unpaired) electrons. The van der Waals surface area contributed by atoms with E-state index in [1.54, 1.807) is 19.2 Å². The Kier molecular flexibility index (Phi) is 6.23. The second-order valence-electron chi connectivity index (χ2n) is 6.71. The van der Waals surface area contributed by atoms with E-state index < -0.39 is 0 Å². The van der Waals surface area contributed by atoms with Crippen molar-refractivity contribution in [1.29, 1.82) is 0 Å². The van der Waals surface area contributed by atoms with Crippen LogP contribution in [0.2, 0.25) is 0 Å². The molecule has 138 valence electrons. The van der Waals surface area contributed by atoms with E-state index in [0.29, 0.717) is 6.42 Å². The first kappa shape index (κ1) is 18.4. The van der Waals surface area contributed by atoms with Gasteiger partial charge in [-0.1, -0.05) is 24.3 Å². The van der Waals surface area contributed by atoms with Gasteiger partial charge in [0.1, 0.15) is 11.6 Å². The molecule has 4 nitrogen and oxygen atoms in total. The predicted octanol–water partition coefficient (Wildman–Crippen LogP) is 3.23. The maximum absolute atomic E-state index is 13.2. The Morgan fingerprint density at radius 1 is 1.23 bits per heavy atom. The van der Waals surface area contributed by atoms with E-state index in [2.05, 4.69) is 10.6 Å². The lowest BCUT2D eigenvalue weighted by Gasteiger charge is -2.26. The van der Waals surface area contributed by atoms with E-state index in [-0.39, 0.29) is 23.7 Å². The van der Waals surface area contributed by atoms with E-state index in [1.807, 2.05) is 24.3 Å². The molecule has 2 aromatic rings. The summed E-state index contributed by atoms with van der Waals surface area (Å²) >= 11 is 0. The number of hydrogen-bond acceptors (Lipinski definition) is 3. The fraction of sp³-hybridized carbons (Fsp3) is 0.381. The number of ether oxygens (including phenoxy) is 1. The fourth-order valence-corrected chi connectivity index (χ4v) is 3.31. The van der Waals surface area contributed by atoms with Gasteiger partial charge in [0.25, 0.3) is 0 Å². The van der Waals surface area contributed by atoms with Crippen molar-refractivity contribution < 1.29 is 13.9 Å². The molecule has 1 saturated heterocycles. The SMILES string of the molecule is COc1ccc(C(Cc2ccc(F)cc2)NC(=O)C2CCCNC2)cc1. The van der Waals surface area contributed by atoms with Gasteiger partial charge in [-0.15, -0.1) is 0 Å². The molecule has 0 saturated carbocycles. The number of carbonyl (C=O) groups excluding carboxylic acids is 1. The van der Waals surface area contributed by atoms with Crippen LogP contribution in [-0.4, -0.2) is 26.1 Å². The first-order valence-electron chi connectivity index (χ1n) is 9.05. The topological polar surface area (TPSA) is 50.4 Å². The van der Waals surface area contributed by atoms with Crippen molar-refractivity contribution in [2.75, 3.05) is 20.2 Å². The quantitative estimate of drug-likeness (QED) is 0.835. The van der Waals surface area contributed by atoms with Gasteiger partial charge in [0.2, 0.25) is 5.91 Å². The van der Waals surface area contributed by atoms with Crippen LogP contribution >= 0.6 is 0 Å². The van der Waals surface area contributed by atoms with Crippen molar-refractivity contribution in [3.05, 3.63) is 65.5 Å². The van der Waals surface area contributed by atoms with Gasteiger partial charge in [0.15, 0.2) is 0 Å². The van der Waals surface area contributed by atoms with Crippen LogP contribution in [0.3, 0.4) is 0 Å². The van der Waals surface area contributed by atoms with Gasteiger partial charge in [-0.25, -0.2) is 4.39 Å². The van der Waals surface area contributed by atoms with Crippen LogP contribution in [-0.2, 0) is 11.2 Å². The summed E-state index contributed by atoms with van der Waals surface area (Å²) in [6.07, 6.45) is 2.53. The van der Waals surface area contributed by atoms with Crippen molar-refractivity contribution in [3.63, 3.8) is 0 Å². The molecule has 0 spiro atoms. The molecule has 0 bridgehead atoms. The first-order chi connectivity index (χ1) is 12.7. The third-order valence-corrected chi connectivity index (χ3v) is 4.86. The first-order valence-corrected chi connectivity index (χ1v) is 9.05. The monoisotopic (exact) mass is 356 g/mol. The van der Waals surface area contributed by atoms with Crippen LogP contribution in [0, 0.1) is 11.7 Å². The van der Waals surface area contributed by atoms with E-state index in [0.717, 1.165) is 42.8 Å². The summed E-state index contributed by atoms with van der Waals surface area (Å²) in [6, 6.07) is 14.0. The molecule has 2 unspecified atom stereocenters. The largest absolute Gasteiger partial charge is 0.497 e. The zero-order chi connectivity index (χ0) is 18.4. The Balaban J connectivity index is 1.77. The number of piperidine rings is 1. The van der Waals surface area contributed by atoms with Gasteiger partial charge in [-0.05, 0) is 61.2 Å². The minimum absolute atomic E-state index is 0.00211. The maximum atomic E-state index is 13.2. The molecule has 1 fully saturated rings. The summed E-state index contributed by atoms with van der Waals surface area (Å²) < 4.78 is 18.4. The molecule has 1 aliphatic heterocycles. The summed E-state index contributed by atoms with van der Waals surface area (Å²) in [6.45, 7) is 1.69. The minimum Gasteiger partial charge on any atom is -0.497 e. The number of benzene rings is 2. The molecule has 0 aromatic heterocycles. The number of nitrogens with one attached hydrogen (secondary N) is 2. The number of halogens is 1. The normalized spacial score (nSPS) is 18.2. The molecule has 2 atom stereocenters. The standard InChI is InChI=1S/C21H25FN2O2/c1-26-19-10-6-16(7-11-19)20(13-15-4-8-18(22)9-5-15)24-21(25)17-3-2-12-23-14-17/h4-11,17,20,23H,2-3,12-14H2,1H3,(H,24,25). The van der Waals surface area contributed by atoms with E-state index in [9.17, 15) is 9.18 Å². The second-order valence-corrected chi connectivity index (χ2v) is 6.71. The molecule has 1 heterocycles. The summed E-state index contributed by atoms with van der Waals surface area (Å²) in [7, 11) is 1.63. The number of methoxy groups -OCH3 is 1. The Bertz CT molecular complexity index is 710. The van der Waals surface area contributed by atoms with Crippen LogP contribution in [0.15, 0.2) is 48.5 Å². The van der Waals surface area contributed by atoms with Gasteiger partial charge in [0, 0.05) is 6.54 Å². The van der Waals surface area contributed by atoms with Gasteiger partial charge < -0.3 is 15.4 Å². The summed E-state index contributed by atoms with van der Waals surface area (Å²) in [5.74, 6) is 0.585. The number of amides is 1. The molecule has 1 amide bonds. The van der Waals surface area contributed by atoms with Crippen LogP contribution in [0.1, 0.15) is 30.0 Å². The van der Waals surface area contributed by atoms with Gasteiger partial charge >= 0.3 is 0 Å².